The van der Waals surface area contributed by atoms with Crippen molar-refractivity contribution in [3.63, 3.8) is 0 Å². The Balaban J connectivity index is 1.66. The Kier molecular flexibility index (Phi) is 5.75. The summed E-state index contributed by atoms with van der Waals surface area (Å²) in [6.07, 6.45) is 5.20. The van der Waals surface area contributed by atoms with Crippen LogP contribution in [0.1, 0.15) is 50.0 Å². The van der Waals surface area contributed by atoms with Crippen molar-refractivity contribution in [3.8, 4) is 0 Å². The number of benzene rings is 1. The maximum absolute atomic E-state index is 14.3. The molecule has 0 bridgehead atoms. The summed E-state index contributed by atoms with van der Waals surface area (Å²) in [7, 11) is 1.56. The van der Waals surface area contributed by atoms with Gasteiger partial charge in [0.25, 0.3) is 11.8 Å². The molecule has 0 radical (unpaired) electrons. The summed E-state index contributed by atoms with van der Waals surface area (Å²) in [6.45, 7) is 2.46. The zero-order valence-electron chi connectivity index (χ0n) is 17.5. The minimum atomic E-state index is -0.506. The summed E-state index contributed by atoms with van der Waals surface area (Å²) in [5.41, 5.74) is 5.01. The zero-order chi connectivity index (χ0) is 22.0. The average Bonchev–Trinajstić information content (AvgIpc) is 2.80. The van der Waals surface area contributed by atoms with Crippen molar-refractivity contribution in [2.75, 3.05) is 18.5 Å². The van der Waals surface area contributed by atoms with Crippen LogP contribution >= 0.6 is 0 Å². The van der Waals surface area contributed by atoms with Crippen LogP contribution in [0, 0.1) is 5.82 Å². The first-order chi connectivity index (χ1) is 15.0. The second kappa shape index (κ2) is 8.63. The molecule has 2 amide bonds. The van der Waals surface area contributed by atoms with E-state index < -0.39 is 5.82 Å². The molecule has 1 N–H and O–H groups in total. The van der Waals surface area contributed by atoms with Gasteiger partial charge in [0.1, 0.15) is 5.69 Å². The van der Waals surface area contributed by atoms with Crippen LogP contribution in [0.3, 0.4) is 0 Å². The van der Waals surface area contributed by atoms with Gasteiger partial charge in [-0.2, -0.15) is 0 Å². The van der Waals surface area contributed by atoms with Gasteiger partial charge in [-0.05, 0) is 65.8 Å². The van der Waals surface area contributed by atoms with Crippen LogP contribution in [0.15, 0.2) is 48.8 Å². The lowest BCUT2D eigenvalue weighted by Crippen LogP contribution is -2.39. The number of rotatable bonds is 5. The molecule has 6 nitrogen and oxygen atoms in total. The van der Waals surface area contributed by atoms with Crippen LogP contribution in [0.2, 0.25) is 0 Å². The van der Waals surface area contributed by atoms with E-state index in [-0.39, 0.29) is 17.6 Å². The van der Waals surface area contributed by atoms with Gasteiger partial charge in [0.2, 0.25) is 0 Å². The number of hydrogen-bond donors (Lipinski definition) is 1. The van der Waals surface area contributed by atoms with E-state index in [2.05, 4.69) is 28.3 Å². The number of amides is 2. The minimum absolute atomic E-state index is 0.0654. The van der Waals surface area contributed by atoms with Crippen molar-refractivity contribution >= 4 is 17.6 Å². The minimum Gasteiger partial charge on any atom is -0.354 e. The monoisotopic (exact) mass is 418 g/mol. The Morgan fingerprint density at radius 2 is 2.03 bits per heavy atom. The van der Waals surface area contributed by atoms with E-state index in [1.165, 1.54) is 23.2 Å². The number of pyridine rings is 2. The fourth-order valence-corrected chi connectivity index (χ4v) is 3.98. The second-order valence-corrected chi connectivity index (χ2v) is 7.46. The van der Waals surface area contributed by atoms with Gasteiger partial charge in [-0.1, -0.05) is 19.1 Å². The summed E-state index contributed by atoms with van der Waals surface area (Å²) in [5, 5.41) is 2.55. The number of nitrogens with one attached hydrogen (secondary N) is 1. The third-order valence-corrected chi connectivity index (χ3v) is 5.53. The molecule has 4 rings (SSSR count). The molecular formula is C24H23FN4O2. The first-order valence-corrected chi connectivity index (χ1v) is 10.3. The van der Waals surface area contributed by atoms with Crippen molar-refractivity contribution in [2.45, 2.75) is 26.2 Å². The number of anilines is 1. The van der Waals surface area contributed by atoms with Gasteiger partial charge in [0.05, 0.1) is 0 Å². The van der Waals surface area contributed by atoms with E-state index >= 15 is 0 Å². The lowest BCUT2D eigenvalue weighted by atomic mass is 9.89. The maximum atomic E-state index is 14.3. The molecule has 3 heterocycles. The smallest absolute Gasteiger partial charge is 0.269 e. The number of carbonyl (C=O) groups is 2. The van der Waals surface area contributed by atoms with Crippen molar-refractivity contribution in [2.24, 2.45) is 0 Å². The van der Waals surface area contributed by atoms with Gasteiger partial charge in [0, 0.05) is 31.5 Å². The van der Waals surface area contributed by atoms with E-state index in [1.807, 2.05) is 12.1 Å². The molecular weight excluding hydrogens is 395 g/mol. The summed E-state index contributed by atoms with van der Waals surface area (Å²) in [6, 6.07) is 10.4. The van der Waals surface area contributed by atoms with Crippen LogP contribution in [0.5, 0.6) is 0 Å². The van der Waals surface area contributed by atoms with Crippen molar-refractivity contribution in [1.29, 1.82) is 0 Å². The predicted octanol–water partition coefficient (Wildman–Crippen LogP) is 3.33. The van der Waals surface area contributed by atoms with E-state index in [4.69, 9.17) is 0 Å². The Hall–Kier alpha value is -3.61. The van der Waals surface area contributed by atoms with Gasteiger partial charge in [0.15, 0.2) is 11.6 Å². The highest BCUT2D eigenvalue weighted by Crippen LogP contribution is 2.29. The fraction of sp³-hybridized carbons (Fsp3) is 0.250. The van der Waals surface area contributed by atoms with Gasteiger partial charge >= 0.3 is 0 Å². The molecule has 0 spiro atoms. The van der Waals surface area contributed by atoms with Gasteiger partial charge < -0.3 is 5.32 Å². The zero-order valence-corrected chi connectivity index (χ0v) is 17.5. The van der Waals surface area contributed by atoms with E-state index in [9.17, 15) is 14.0 Å². The predicted molar refractivity (Wildman–Crippen MR) is 116 cm³/mol. The molecule has 1 aromatic carbocycles. The average molecular weight is 418 g/mol. The number of aryl methyl sites for hydroxylation is 1. The molecule has 0 unspecified atom stereocenters. The molecule has 1 aliphatic heterocycles. The largest absolute Gasteiger partial charge is 0.354 e. The fourth-order valence-electron chi connectivity index (χ4n) is 3.98. The highest BCUT2D eigenvalue weighted by atomic mass is 19.1. The van der Waals surface area contributed by atoms with E-state index in [0.717, 1.165) is 28.7 Å². The van der Waals surface area contributed by atoms with E-state index in [0.29, 0.717) is 30.6 Å². The molecule has 31 heavy (non-hydrogen) atoms. The lowest BCUT2D eigenvalue weighted by molar-refractivity contribution is 0.0955. The topological polar surface area (TPSA) is 75.2 Å². The number of aromatic nitrogens is 2. The molecule has 0 saturated heterocycles. The first kappa shape index (κ1) is 20.7. The Morgan fingerprint density at radius 1 is 1.19 bits per heavy atom. The molecule has 158 valence electrons. The molecule has 1 aliphatic rings. The summed E-state index contributed by atoms with van der Waals surface area (Å²) in [5.74, 6) is -0.909. The van der Waals surface area contributed by atoms with Crippen LogP contribution in [-0.4, -0.2) is 35.4 Å². The van der Waals surface area contributed by atoms with Gasteiger partial charge in [-0.25, -0.2) is 9.37 Å². The van der Waals surface area contributed by atoms with Crippen LogP contribution in [0.4, 0.5) is 10.2 Å². The quantitative estimate of drug-likeness (QED) is 0.690. The standard InChI is InChI=1S/C24H23FN4O2/c1-3-17-12-16(11-15-6-7-21(28-14-15)23(30)26-2)13-19-18(17)8-10-29(24(19)31)22-20(25)5-4-9-27-22/h4-7,9,12-14H,3,8,10-11H2,1-2H3,(H,26,30). The molecule has 0 fully saturated rings. The van der Waals surface area contributed by atoms with E-state index in [1.54, 1.807) is 19.3 Å². The van der Waals surface area contributed by atoms with Crippen molar-refractivity contribution in [3.05, 3.63) is 88.1 Å². The Labute approximate surface area is 180 Å². The molecule has 0 atom stereocenters. The number of fused-ring (bicyclic) bond motifs is 1. The van der Waals surface area contributed by atoms with Crippen LogP contribution < -0.4 is 10.2 Å². The third-order valence-electron chi connectivity index (χ3n) is 5.53. The van der Waals surface area contributed by atoms with Crippen molar-refractivity contribution in [1.82, 2.24) is 15.3 Å². The number of nitrogens with zero attached hydrogens (tertiary/aromatic N) is 3. The third kappa shape index (κ3) is 4.03. The molecule has 7 heteroatoms. The number of halogens is 1. The first-order valence-electron chi connectivity index (χ1n) is 10.3. The Bertz CT molecular complexity index is 1140. The Morgan fingerprint density at radius 3 is 2.71 bits per heavy atom. The van der Waals surface area contributed by atoms with Crippen LogP contribution in [0.25, 0.3) is 0 Å². The van der Waals surface area contributed by atoms with Gasteiger partial charge in [-0.3, -0.25) is 19.5 Å². The maximum Gasteiger partial charge on any atom is 0.269 e. The molecule has 2 aromatic heterocycles. The number of carbonyl (C=O) groups excluding carboxylic acids is 2. The van der Waals surface area contributed by atoms with Crippen molar-refractivity contribution < 1.29 is 14.0 Å². The SMILES string of the molecule is CCc1cc(Cc2ccc(C(=O)NC)nc2)cc2c1CCN(c1ncccc1F)C2=O. The van der Waals surface area contributed by atoms with Gasteiger partial charge in [-0.15, -0.1) is 0 Å². The summed E-state index contributed by atoms with van der Waals surface area (Å²) < 4.78 is 14.3. The molecule has 3 aromatic rings. The summed E-state index contributed by atoms with van der Waals surface area (Å²) >= 11 is 0. The second-order valence-electron chi connectivity index (χ2n) is 7.46. The highest BCUT2D eigenvalue weighted by molar-refractivity contribution is 6.08. The molecule has 0 aliphatic carbocycles. The lowest BCUT2D eigenvalue weighted by Gasteiger charge is -2.29. The normalized spacial score (nSPS) is 13.1. The summed E-state index contributed by atoms with van der Waals surface area (Å²) in [4.78, 5) is 34.7. The number of hydrogen-bond acceptors (Lipinski definition) is 4. The highest BCUT2D eigenvalue weighted by Gasteiger charge is 2.29. The molecule has 0 saturated carbocycles. The van der Waals surface area contributed by atoms with Crippen LogP contribution in [-0.2, 0) is 19.3 Å².